The Kier molecular flexibility index (Phi) is 1.82. The van der Waals surface area contributed by atoms with E-state index in [4.69, 9.17) is 5.11 Å². The molecule has 2 nitrogen and oxygen atoms in total. The molecule has 5 heteroatoms. The highest BCUT2D eigenvalue weighted by molar-refractivity contribution is 5.71. The molecule has 1 rings (SSSR count). The van der Waals surface area contributed by atoms with Crippen LogP contribution >= 0.6 is 0 Å². The van der Waals surface area contributed by atoms with Crippen molar-refractivity contribution in [2.24, 2.45) is 11.8 Å². The zero-order chi connectivity index (χ0) is 8.65. The Hall–Kier alpha value is -0.740. The van der Waals surface area contributed by atoms with Gasteiger partial charge in [-0.15, -0.1) is 0 Å². The Balaban J connectivity index is 2.57. The van der Waals surface area contributed by atoms with E-state index in [0.717, 1.165) is 0 Å². The standard InChI is InChI=1S/C6H7F3O2/c7-6(8,9)4-2-1-3(4)5(10)11/h3-4H,1-2H2,(H,10,11)/t3-,4+/m1/s1. The molecule has 11 heavy (non-hydrogen) atoms. The predicted octanol–water partition coefficient (Wildman–Crippen LogP) is 1.66. The van der Waals surface area contributed by atoms with Crippen LogP contribution in [0, 0.1) is 11.8 Å². The van der Waals surface area contributed by atoms with E-state index >= 15 is 0 Å². The minimum Gasteiger partial charge on any atom is -0.481 e. The third-order valence-corrected chi connectivity index (χ3v) is 2.01. The van der Waals surface area contributed by atoms with E-state index < -0.39 is 24.0 Å². The molecule has 1 N–H and O–H groups in total. The lowest BCUT2D eigenvalue weighted by molar-refractivity contribution is -0.218. The lowest BCUT2D eigenvalue weighted by atomic mass is 9.73. The smallest absolute Gasteiger partial charge is 0.392 e. The summed E-state index contributed by atoms with van der Waals surface area (Å²) in [6.45, 7) is 0. The zero-order valence-electron chi connectivity index (χ0n) is 5.56. The van der Waals surface area contributed by atoms with Crippen LogP contribution in [0.4, 0.5) is 13.2 Å². The van der Waals surface area contributed by atoms with Gasteiger partial charge in [-0.05, 0) is 12.8 Å². The number of carbonyl (C=O) groups is 1. The summed E-state index contributed by atoms with van der Waals surface area (Å²) in [4.78, 5) is 10.1. The number of aliphatic carboxylic acids is 1. The van der Waals surface area contributed by atoms with Crippen molar-refractivity contribution in [2.75, 3.05) is 0 Å². The lowest BCUT2D eigenvalue weighted by Gasteiger charge is -2.34. The van der Waals surface area contributed by atoms with Crippen molar-refractivity contribution in [1.29, 1.82) is 0 Å². The Morgan fingerprint density at radius 2 is 1.91 bits per heavy atom. The largest absolute Gasteiger partial charge is 0.481 e. The van der Waals surface area contributed by atoms with Crippen molar-refractivity contribution in [3.8, 4) is 0 Å². The molecular weight excluding hydrogens is 161 g/mol. The molecule has 0 aromatic carbocycles. The number of hydrogen-bond acceptors (Lipinski definition) is 1. The number of carboxylic acids is 1. The maximum Gasteiger partial charge on any atom is 0.392 e. The van der Waals surface area contributed by atoms with Crippen LogP contribution in [0.15, 0.2) is 0 Å². The molecule has 64 valence electrons. The molecule has 0 amide bonds. The molecule has 0 bridgehead atoms. The molecule has 1 saturated carbocycles. The summed E-state index contributed by atoms with van der Waals surface area (Å²) in [6.07, 6.45) is -4.22. The van der Waals surface area contributed by atoms with Crippen molar-refractivity contribution in [1.82, 2.24) is 0 Å². The first-order chi connectivity index (χ1) is 4.93. The molecule has 0 aromatic rings. The topological polar surface area (TPSA) is 37.3 Å². The monoisotopic (exact) mass is 168 g/mol. The van der Waals surface area contributed by atoms with Gasteiger partial charge in [-0.25, -0.2) is 0 Å². The number of halogens is 3. The predicted molar refractivity (Wildman–Crippen MR) is 29.9 cm³/mol. The summed E-state index contributed by atoms with van der Waals surface area (Å²) in [5, 5.41) is 8.27. The van der Waals surface area contributed by atoms with E-state index in [9.17, 15) is 18.0 Å². The molecule has 2 atom stereocenters. The molecule has 0 saturated heterocycles. The van der Waals surface area contributed by atoms with E-state index in [1.165, 1.54) is 0 Å². The highest BCUT2D eigenvalue weighted by Gasteiger charge is 2.52. The first-order valence-corrected chi connectivity index (χ1v) is 3.22. The average molecular weight is 168 g/mol. The molecule has 0 radical (unpaired) electrons. The number of rotatable bonds is 1. The van der Waals surface area contributed by atoms with Crippen LogP contribution in [0.3, 0.4) is 0 Å². The highest BCUT2D eigenvalue weighted by Crippen LogP contribution is 2.45. The van der Waals surface area contributed by atoms with Crippen molar-refractivity contribution < 1.29 is 23.1 Å². The first kappa shape index (κ1) is 8.36. The maximum absolute atomic E-state index is 11.8. The highest BCUT2D eigenvalue weighted by atomic mass is 19.4. The van der Waals surface area contributed by atoms with Gasteiger partial charge < -0.3 is 5.11 Å². The molecular formula is C6H7F3O2. The van der Waals surface area contributed by atoms with Crippen LogP contribution in [-0.2, 0) is 4.79 Å². The van der Waals surface area contributed by atoms with Crippen molar-refractivity contribution in [2.45, 2.75) is 19.0 Å². The van der Waals surface area contributed by atoms with E-state index in [-0.39, 0.29) is 12.8 Å². The number of alkyl halides is 3. The molecule has 0 spiro atoms. The van der Waals surface area contributed by atoms with Gasteiger partial charge in [0.05, 0.1) is 11.8 Å². The summed E-state index contributed by atoms with van der Waals surface area (Å²) in [6, 6.07) is 0. The first-order valence-electron chi connectivity index (χ1n) is 3.22. The molecule has 0 heterocycles. The Morgan fingerprint density at radius 3 is 2.00 bits per heavy atom. The van der Waals surface area contributed by atoms with Crippen molar-refractivity contribution in [3.05, 3.63) is 0 Å². The van der Waals surface area contributed by atoms with Gasteiger partial charge in [-0.1, -0.05) is 0 Å². The van der Waals surface area contributed by atoms with Gasteiger partial charge in [0.15, 0.2) is 0 Å². The van der Waals surface area contributed by atoms with Gasteiger partial charge in [0.2, 0.25) is 0 Å². The zero-order valence-corrected chi connectivity index (χ0v) is 5.56. The van der Waals surface area contributed by atoms with Gasteiger partial charge in [-0.2, -0.15) is 13.2 Å². The van der Waals surface area contributed by atoms with Crippen LogP contribution in [0.25, 0.3) is 0 Å². The molecule has 1 fully saturated rings. The van der Waals surface area contributed by atoms with Crippen molar-refractivity contribution in [3.63, 3.8) is 0 Å². The van der Waals surface area contributed by atoms with E-state index in [0.29, 0.717) is 0 Å². The summed E-state index contributed by atoms with van der Waals surface area (Å²) >= 11 is 0. The Bertz CT molecular complexity index is 175. The van der Waals surface area contributed by atoms with Crippen LogP contribution in [0.5, 0.6) is 0 Å². The Morgan fingerprint density at radius 1 is 1.36 bits per heavy atom. The minimum absolute atomic E-state index is 0.0412. The SMILES string of the molecule is O=C(O)[C@@H]1CC[C@@H]1C(F)(F)F. The van der Waals surface area contributed by atoms with Crippen LogP contribution < -0.4 is 0 Å². The molecule has 1 aliphatic carbocycles. The second-order valence-corrected chi connectivity index (χ2v) is 2.67. The van der Waals surface area contributed by atoms with E-state index in [2.05, 4.69) is 0 Å². The van der Waals surface area contributed by atoms with Crippen LogP contribution in [-0.4, -0.2) is 17.3 Å². The fourth-order valence-electron chi connectivity index (χ4n) is 1.19. The van der Waals surface area contributed by atoms with Gasteiger partial charge in [-0.3, -0.25) is 4.79 Å². The summed E-state index contributed by atoms with van der Waals surface area (Å²) in [5.41, 5.74) is 0. The van der Waals surface area contributed by atoms with Gasteiger partial charge in [0.25, 0.3) is 0 Å². The molecule has 1 aliphatic rings. The molecule has 0 aliphatic heterocycles. The van der Waals surface area contributed by atoms with E-state index in [1.807, 2.05) is 0 Å². The summed E-state index contributed by atoms with van der Waals surface area (Å²) in [7, 11) is 0. The minimum atomic E-state index is -4.33. The van der Waals surface area contributed by atoms with Gasteiger partial charge in [0.1, 0.15) is 0 Å². The average Bonchev–Trinajstić information content (AvgIpc) is 1.51. The molecule has 0 unspecified atom stereocenters. The number of hydrogen-bond donors (Lipinski definition) is 1. The quantitative estimate of drug-likeness (QED) is 0.646. The summed E-state index contributed by atoms with van der Waals surface area (Å²) in [5.74, 6) is -4.14. The van der Waals surface area contributed by atoms with Gasteiger partial charge >= 0.3 is 12.1 Å². The second-order valence-electron chi connectivity index (χ2n) is 2.67. The maximum atomic E-state index is 11.8. The summed E-state index contributed by atoms with van der Waals surface area (Å²) < 4.78 is 35.5. The fraction of sp³-hybridized carbons (Fsp3) is 0.833. The third-order valence-electron chi connectivity index (χ3n) is 2.01. The normalized spacial score (nSPS) is 31.2. The fourth-order valence-corrected chi connectivity index (χ4v) is 1.19. The lowest BCUT2D eigenvalue weighted by Crippen LogP contribution is -2.42. The number of carboxylic acid groups (broad SMARTS) is 1. The van der Waals surface area contributed by atoms with Crippen LogP contribution in [0.2, 0.25) is 0 Å². The van der Waals surface area contributed by atoms with E-state index in [1.54, 1.807) is 0 Å². The Labute approximate surface area is 61.0 Å². The van der Waals surface area contributed by atoms with Crippen molar-refractivity contribution >= 4 is 5.97 Å². The second kappa shape index (κ2) is 2.39. The third kappa shape index (κ3) is 1.46. The van der Waals surface area contributed by atoms with Gasteiger partial charge in [0, 0.05) is 0 Å². The molecule has 0 aromatic heterocycles. The van der Waals surface area contributed by atoms with Crippen LogP contribution in [0.1, 0.15) is 12.8 Å².